The summed E-state index contributed by atoms with van der Waals surface area (Å²) < 4.78 is 13.4. The molecule has 1 aliphatic rings. The van der Waals surface area contributed by atoms with Crippen LogP contribution < -0.4 is 4.90 Å². The van der Waals surface area contributed by atoms with E-state index in [0.29, 0.717) is 16.8 Å². The molecule has 1 unspecified atom stereocenters. The number of fused-ring (bicyclic) bond motifs is 1. The third-order valence-electron chi connectivity index (χ3n) is 4.87. The highest BCUT2D eigenvalue weighted by Gasteiger charge is 2.42. The molecular weight excluding hydrogens is 391 g/mol. The number of carbonyl (C=O) groups is 3. The SMILES string of the molecule is CC(C(=O)N(Cc1cccs1)c1ccc(F)cc1)N1C(=O)c2ccccc2C1=O. The van der Waals surface area contributed by atoms with E-state index in [1.54, 1.807) is 24.3 Å². The molecule has 0 N–H and O–H groups in total. The first kappa shape index (κ1) is 19.0. The number of thiophene rings is 1. The lowest BCUT2D eigenvalue weighted by Gasteiger charge is -2.29. The zero-order chi connectivity index (χ0) is 20.5. The molecule has 0 spiro atoms. The Kier molecular flexibility index (Phi) is 4.98. The zero-order valence-electron chi connectivity index (χ0n) is 15.5. The van der Waals surface area contributed by atoms with E-state index in [9.17, 15) is 18.8 Å². The van der Waals surface area contributed by atoms with Gasteiger partial charge in [-0.2, -0.15) is 0 Å². The van der Waals surface area contributed by atoms with Gasteiger partial charge in [-0.25, -0.2) is 4.39 Å². The maximum absolute atomic E-state index is 13.4. The Morgan fingerprint density at radius 1 is 1.00 bits per heavy atom. The van der Waals surface area contributed by atoms with Crippen LogP contribution in [0.25, 0.3) is 0 Å². The Morgan fingerprint density at radius 3 is 2.17 bits per heavy atom. The summed E-state index contributed by atoms with van der Waals surface area (Å²) in [5.41, 5.74) is 1.08. The highest BCUT2D eigenvalue weighted by atomic mass is 32.1. The van der Waals surface area contributed by atoms with E-state index in [1.165, 1.54) is 47.4 Å². The van der Waals surface area contributed by atoms with Gasteiger partial charge in [0.2, 0.25) is 5.91 Å². The van der Waals surface area contributed by atoms with E-state index in [4.69, 9.17) is 0 Å². The predicted octanol–water partition coefficient (Wildman–Crippen LogP) is 4.11. The summed E-state index contributed by atoms with van der Waals surface area (Å²) in [5, 5.41) is 1.90. The van der Waals surface area contributed by atoms with Crippen LogP contribution in [0.5, 0.6) is 0 Å². The first-order valence-electron chi connectivity index (χ1n) is 9.03. The molecule has 3 amide bonds. The number of rotatable bonds is 5. The highest BCUT2D eigenvalue weighted by Crippen LogP contribution is 2.27. The summed E-state index contributed by atoms with van der Waals surface area (Å²) in [6, 6.07) is 14.9. The van der Waals surface area contributed by atoms with Gasteiger partial charge in [0.1, 0.15) is 11.9 Å². The van der Waals surface area contributed by atoms with E-state index in [2.05, 4.69) is 0 Å². The minimum Gasteiger partial charge on any atom is -0.305 e. The number of hydrogen-bond donors (Lipinski definition) is 0. The van der Waals surface area contributed by atoms with Gasteiger partial charge in [-0.15, -0.1) is 11.3 Å². The van der Waals surface area contributed by atoms with Crippen molar-refractivity contribution in [1.29, 1.82) is 0 Å². The second kappa shape index (κ2) is 7.60. The van der Waals surface area contributed by atoms with Crippen LogP contribution in [0.15, 0.2) is 66.0 Å². The van der Waals surface area contributed by atoms with Gasteiger partial charge in [0.15, 0.2) is 0 Å². The Hall–Kier alpha value is -3.32. The molecule has 1 aliphatic heterocycles. The maximum Gasteiger partial charge on any atom is 0.262 e. The van der Waals surface area contributed by atoms with Crippen molar-refractivity contribution in [2.45, 2.75) is 19.5 Å². The molecule has 0 aliphatic carbocycles. The fourth-order valence-corrected chi connectivity index (χ4v) is 4.06. The molecule has 0 fully saturated rings. The number of nitrogens with zero attached hydrogens (tertiary/aromatic N) is 2. The molecular formula is C22H17FN2O3S. The van der Waals surface area contributed by atoms with E-state index in [0.717, 1.165) is 9.78 Å². The number of anilines is 1. The van der Waals surface area contributed by atoms with Crippen molar-refractivity contribution in [3.05, 3.63) is 87.9 Å². The molecule has 0 bridgehead atoms. The van der Waals surface area contributed by atoms with Crippen molar-refractivity contribution in [2.24, 2.45) is 0 Å². The van der Waals surface area contributed by atoms with Crippen molar-refractivity contribution < 1.29 is 18.8 Å². The lowest BCUT2D eigenvalue weighted by molar-refractivity contribution is -0.122. The van der Waals surface area contributed by atoms with E-state index >= 15 is 0 Å². The average molecular weight is 408 g/mol. The molecule has 1 aromatic heterocycles. The van der Waals surface area contributed by atoms with Crippen LogP contribution in [-0.4, -0.2) is 28.7 Å². The first-order valence-corrected chi connectivity index (χ1v) is 9.91. The molecule has 3 aromatic rings. The Labute approximate surface area is 171 Å². The van der Waals surface area contributed by atoms with Gasteiger partial charge < -0.3 is 4.90 Å². The van der Waals surface area contributed by atoms with E-state index in [1.807, 2.05) is 17.5 Å². The minimum absolute atomic E-state index is 0.260. The van der Waals surface area contributed by atoms with Crippen molar-refractivity contribution in [1.82, 2.24) is 4.90 Å². The van der Waals surface area contributed by atoms with Gasteiger partial charge in [-0.3, -0.25) is 19.3 Å². The maximum atomic E-state index is 13.4. The molecule has 1 atom stereocenters. The Morgan fingerprint density at radius 2 is 1.62 bits per heavy atom. The summed E-state index contributed by atoms with van der Waals surface area (Å²) in [4.78, 5) is 42.3. The second-order valence-electron chi connectivity index (χ2n) is 6.68. The van der Waals surface area contributed by atoms with Gasteiger partial charge >= 0.3 is 0 Å². The van der Waals surface area contributed by atoms with Crippen LogP contribution in [0.3, 0.4) is 0 Å². The highest BCUT2D eigenvalue weighted by molar-refractivity contribution is 7.09. The number of carbonyl (C=O) groups excluding carboxylic acids is 3. The minimum atomic E-state index is -1.01. The normalized spacial score (nSPS) is 14.1. The van der Waals surface area contributed by atoms with Crippen LogP contribution in [0.4, 0.5) is 10.1 Å². The van der Waals surface area contributed by atoms with Crippen molar-refractivity contribution in [3.8, 4) is 0 Å². The molecule has 2 aromatic carbocycles. The smallest absolute Gasteiger partial charge is 0.262 e. The monoisotopic (exact) mass is 408 g/mol. The topological polar surface area (TPSA) is 57.7 Å². The van der Waals surface area contributed by atoms with Gasteiger partial charge in [0, 0.05) is 10.6 Å². The Bertz CT molecular complexity index is 1040. The standard InChI is InChI=1S/C22H17FN2O3S/c1-14(25-21(27)18-6-2-3-7-19(18)22(25)28)20(26)24(13-17-5-4-12-29-17)16-10-8-15(23)9-11-16/h2-12,14H,13H2,1H3. The van der Waals surface area contributed by atoms with Crippen LogP contribution in [-0.2, 0) is 11.3 Å². The third-order valence-corrected chi connectivity index (χ3v) is 5.73. The average Bonchev–Trinajstić information content (AvgIpc) is 3.33. The summed E-state index contributed by atoms with van der Waals surface area (Å²) in [7, 11) is 0. The van der Waals surface area contributed by atoms with E-state index in [-0.39, 0.29) is 6.54 Å². The summed E-state index contributed by atoms with van der Waals surface area (Å²) in [5.74, 6) is -1.80. The molecule has 146 valence electrons. The number of halogens is 1. The fourth-order valence-electron chi connectivity index (χ4n) is 3.37. The quantitative estimate of drug-likeness (QED) is 0.597. The van der Waals surface area contributed by atoms with E-state index < -0.39 is 29.6 Å². The summed E-state index contributed by atoms with van der Waals surface area (Å²) >= 11 is 1.49. The first-order chi connectivity index (χ1) is 14.0. The largest absolute Gasteiger partial charge is 0.305 e. The zero-order valence-corrected chi connectivity index (χ0v) is 16.4. The van der Waals surface area contributed by atoms with Crippen molar-refractivity contribution >= 4 is 34.7 Å². The molecule has 0 saturated heterocycles. The van der Waals surface area contributed by atoms with Gasteiger partial charge in [0.05, 0.1) is 17.7 Å². The summed E-state index contributed by atoms with van der Waals surface area (Å²) in [6.45, 7) is 1.80. The fraction of sp³-hybridized carbons (Fsp3) is 0.136. The van der Waals surface area contributed by atoms with Crippen LogP contribution in [0.1, 0.15) is 32.5 Å². The Balaban J connectivity index is 1.66. The number of hydrogen-bond acceptors (Lipinski definition) is 4. The molecule has 0 radical (unpaired) electrons. The van der Waals surface area contributed by atoms with Crippen LogP contribution in [0, 0.1) is 5.82 Å². The van der Waals surface area contributed by atoms with Crippen LogP contribution >= 0.6 is 11.3 Å². The number of amides is 3. The van der Waals surface area contributed by atoms with Gasteiger partial charge in [-0.1, -0.05) is 18.2 Å². The number of imide groups is 1. The van der Waals surface area contributed by atoms with Crippen molar-refractivity contribution in [2.75, 3.05) is 4.90 Å². The van der Waals surface area contributed by atoms with Crippen molar-refractivity contribution in [3.63, 3.8) is 0 Å². The van der Waals surface area contributed by atoms with Gasteiger partial charge in [-0.05, 0) is 54.8 Å². The predicted molar refractivity (Wildman–Crippen MR) is 108 cm³/mol. The van der Waals surface area contributed by atoms with Gasteiger partial charge in [0.25, 0.3) is 11.8 Å². The molecule has 4 rings (SSSR count). The number of benzene rings is 2. The lowest BCUT2D eigenvalue weighted by atomic mass is 10.1. The van der Waals surface area contributed by atoms with Crippen LogP contribution in [0.2, 0.25) is 0 Å². The lowest BCUT2D eigenvalue weighted by Crippen LogP contribution is -2.49. The molecule has 5 nitrogen and oxygen atoms in total. The summed E-state index contributed by atoms with van der Waals surface area (Å²) in [6.07, 6.45) is 0. The molecule has 7 heteroatoms. The molecule has 29 heavy (non-hydrogen) atoms. The molecule has 0 saturated carbocycles. The third kappa shape index (κ3) is 3.45. The molecule has 2 heterocycles. The second-order valence-corrected chi connectivity index (χ2v) is 7.71.